The maximum Gasteiger partial charge on any atom is 0.341 e. The molecule has 3 aromatic heterocycles. The number of carbonyl (C=O) groups excluding carboxylic acids is 2. The predicted octanol–water partition coefficient (Wildman–Crippen LogP) is 6.11. The summed E-state index contributed by atoms with van der Waals surface area (Å²) in [5.74, 6) is -0.591. The molecular formula is C27H28BrFN6O3S2. The van der Waals surface area contributed by atoms with E-state index in [-0.39, 0.29) is 23.6 Å². The lowest BCUT2D eigenvalue weighted by molar-refractivity contribution is -0.113. The van der Waals surface area contributed by atoms with Crippen molar-refractivity contribution in [3.05, 3.63) is 56.3 Å². The molecule has 0 spiro atoms. The molecule has 0 fully saturated rings. The summed E-state index contributed by atoms with van der Waals surface area (Å²) in [4.78, 5) is 27.2. The highest BCUT2D eigenvalue weighted by Crippen LogP contribution is 2.39. The van der Waals surface area contributed by atoms with Gasteiger partial charge in [-0.2, -0.15) is 5.10 Å². The van der Waals surface area contributed by atoms with E-state index >= 15 is 0 Å². The van der Waals surface area contributed by atoms with Crippen molar-refractivity contribution >= 4 is 55.9 Å². The molecule has 5 rings (SSSR count). The average Bonchev–Trinajstić information content (AvgIpc) is 3.57. The van der Waals surface area contributed by atoms with E-state index in [1.807, 2.05) is 27.8 Å². The number of aryl methyl sites for hydroxylation is 2. The molecule has 0 unspecified atom stereocenters. The number of amides is 1. The Kier molecular flexibility index (Phi) is 8.43. The minimum Gasteiger partial charge on any atom is -0.459 e. The smallest absolute Gasteiger partial charge is 0.341 e. The van der Waals surface area contributed by atoms with Gasteiger partial charge in [0.05, 0.1) is 21.9 Å². The van der Waals surface area contributed by atoms with E-state index in [0.29, 0.717) is 32.9 Å². The first kappa shape index (κ1) is 28.5. The quantitative estimate of drug-likeness (QED) is 0.182. The van der Waals surface area contributed by atoms with Gasteiger partial charge in [-0.05, 0) is 92.2 Å². The van der Waals surface area contributed by atoms with Crippen LogP contribution in [-0.2, 0) is 29.4 Å². The third kappa shape index (κ3) is 5.72. The van der Waals surface area contributed by atoms with Crippen LogP contribution in [-0.4, -0.2) is 48.3 Å². The van der Waals surface area contributed by atoms with Crippen molar-refractivity contribution in [2.24, 2.45) is 7.05 Å². The Balaban J connectivity index is 1.41. The molecule has 0 bridgehead atoms. The summed E-state index contributed by atoms with van der Waals surface area (Å²) in [6.07, 6.45) is 3.48. The SMILES string of the molecule is Cc1c(Br)c(-c2nnc(SCC(=O)Nc3sc4c(c3C(=O)OC(C)C)CCCC4)n2-c2ccc(F)cc2)nn1C. The molecule has 1 aliphatic rings. The lowest BCUT2D eigenvalue weighted by atomic mass is 9.95. The van der Waals surface area contributed by atoms with Gasteiger partial charge in [0.2, 0.25) is 5.91 Å². The number of rotatable bonds is 8. The average molecular weight is 648 g/mol. The molecule has 0 atom stereocenters. The Hall–Kier alpha value is -3.03. The molecule has 1 amide bonds. The van der Waals surface area contributed by atoms with Crippen LogP contribution in [0.3, 0.4) is 0 Å². The molecule has 40 heavy (non-hydrogen) atoms. The monoisotopic (exact) mass is 646 g/mol. The Morgan fingerprint density at radius 2 is 1.93 bits per heavy atom. The largest absolute Gasteiger partial charge is 0.459 e. The van der Waals surface area contributed by atoms with Gasteiger partial charge in [0.1, 0.15) is 16.5 Å². The summed E-state index contributed by atoms with van der Waals surface area (Å²) in [5.41, 5.74) is 3.57. The fourth-order valence-corrected chi connectivity index (χ4v) is 7.06. The summed E-state index contributed by atoms with van der Waals surface area (Å²) < 4.78 is 23.5. The highest BCUT2D eigenvalue weighted by Gasteiger charge is 2.28. The van der Waals surface area contributed by atoms with E-state index in [2.05, 4.69) is 36.5 Å². The molecule has 0 saturated carbocycles. The topological polar surface area (TPSA) is 104 Å². The van der Waals surface area contributed by atoms with Crippen LogP contribution in [0.4, 0.5) is 9.39 Å². The van der Waals surface area contributed by atoms with Crippen LogP contribution in [0.25, 0.3) is 17.2 Å². The van der Waals surface area contributed by atoms with Crippen molar-refractivity contribution in [1.82, 2.24) is 24.5 Å². The van der Waals surface area contributed by atoms with E-state index in [1.165, 1.54) is 35.2 Å². The number of esters is 1. The number of thiophene rings is 1. The normalized spacial score (nSPS) is 13.0. The highest BCUT2D eigenvalue weighted by atomic mass is 79.9. The van der Waals surface area contributed by atoms with E-state index < -0.39 is 5.97 Å². The zero-order valence-electron chi connectivity index (χ0n) is 22.5. The number of benzene rings is 1. The van der Waals surface area contributed by atoms with E-state index in [0.717, 1.165) is 46.3 Å². The molecule has 13 heteroatoms. The van der Waals surface area contributed by atoms with E-state index in [1.54, 1.807) is 21.4 Å². The van der Waals surface area contributed by atoms with Crippen LogP contribution in [0.5, 0.6) is 0 Å². The number of carbonyl (C=O) groups is 2. The minimum absolute atomic E-state index is 0.0168. The van der Waals surface area contributed by atoms with Crippen molar-refractivity contribution in [2.75, 3.05) is 11.1 Å². The number of hydrogen-bond donors (Lipinski definition) is 1. The molecule has 1 aromatic carbocycles. The zero-order chi connectivity index (χ0) is 28.6. The first-order chi connectivity index (χ1) is 19.1. The van der Waals surface area contributed by atoms with Gasteiger partial charge in [0.15, 0.2) is 11.0 Å². The van der Waals surface area contributed by atoms with Crippen LogP contribution in [0.1, 0.15) is 53.2 Å². The molecule has 0 radical (unpaired) electrons. The van der Waals surface area contributed by atoms with Crippen molar-refractivity contribution in [3.8, 4) is 17.2 Å². The number of hydrogen-bond acceptors (Lipinski definition) is 8. The van der Waals surface area contributed by atoms with Crippen molar-refractivity contribution in [1.29, 1.82) is 0 Å². The Morgan fingerprint density at radius 1 is 1.20 bits per heavy atom. The Morgan fingerprint density at radius 3 is 2.60 bits per heavy atom. The van der Waals surface area contributed by atoms with Gasteiger partial charge in [-0.1, -0.05) is 11.8 Å². The number of anilines is 1. The number of thioether (sulfide) groups is 1. The molecule has 9 nitrogen and oxygen atoms in total. The fraction of sp³-hybridized carbons (Fsp3) is 0.370. The molecule has 0 aliphatic heterocycles. The number of nitrogens with zero attached hydrogens (tertiary/aromatic N) is 5. The van der Waals surface area contributed by atoms with Crippen LogP contribution in [0.2, 0.25) is 0 Å². The molecular weight excluding hydrogens is 619 g/mol. The third-order valence-corrected chi connectivity index (χ3v) is 9.58. The second-order valence-corrected chi connectivity index (χ2v) is 12.5. The van der Waals surface area contributed by atoms with Crippen LogP contribution in [0, 0.1) is 12.7 Å². The lowest BCUT2D eigenvalue weighted by Crippen LogP contribution is -2.19. The number of aromatic nitrogens is 5. The predicted molar refractivity (Wildman–Crippen MR) is 157 cm³/mol. The van der Waals surface area contributed by atoms with Gasteiger partial charge in [0.25, 0.3) is 0 Å². The Bertz CT molecular complexity index is 1580. The molecule has 1 aliphatic carbocycles. The van der Waals surface area contributed by atoms with Crippen LogP contribution < -0.4 is 5.32 Å². The maximum atomic E-state index is 13.7. The highest BCUT2D eigenvalue weighted by molar-refractivity contribution is 9.10. The molecule has 4 aromatic rings. The van der Waals surface area contributed by atoms with E-state index in [4.69, 9.17) is 4.74 Å². The van der Waals surface area contributed by atoms with Crippen LogP contribution in [0.15, 0.2) is 33.9 Å². The summed E-state index contributed by atoms with van der Waals surface area (Å²) >= 11 is 6.23. The van der Waals surface area contributed by atoms with Gasteiger partial charge >= 0.3 is 5.97 Å². The molecule has 1 N–H and O–H groups in total. The summed E-state index contributed by atoms with van der Waals surface area (Å²) in [7, 11) is 1.83. The Labute approximate surface area is 247 Å². The van der Waals surface area contributed by atoms with Gasteiger partial charge in [-0.25, -0.2) is 9.18 Å². The summed E-state index contributed by atoms with van der Waals surface area (Å²) in [6.45, 7) is 5.54. The van der Waals surface area contributed by atoms with Gasteiger partial charge in [-0.15, -0.1) is 21.5 Å². The number of halogens is 2. The minimum atomic E-state index is -0.408. The number of fused-ring (bicyclic) bond motifs is 1. The molecule has 210 valence electrons. The van der Waals surface area contributed by atoms with Crippen LogP contribution >= 0.6 is 39.0 Å². The third-order valence-electron chi connectivity index (χ3n) is 6.49. The van der Waals surface area contributed by atoms with Crippen molar-refractivity contribution in [3.63, 3.8) is 0 Å². The fourth-order valence-electron chi connectivity index (χ4n) is 4.50. The van der Waals surface area contributed by atoms with Gasteiger partial charge < -0.3 is 10.1 Å². The molecule has 3 heterocycles. The lowest BCUT2D eigenvalue weighted by Gasteiger charge is -2.14. The number of ether oxygens (including phenoxy) is 1. The van der Waals surface area contributed by atoms with Gasteiger partial charge in [0, 0.05) is 23.3 Å². The second-order valence-electron chi connectivity index (χ2n) is 9.70. The maximum absolute atomic E-state index is 13.7. The number of nitrogens with one attached hydrogen (secondary N) is 1. The van der Waals surface area contributed by atoms with E-state index in [9.17, 15) is 14.0 Å². The summed E-state index contributed by atoms with van der Waals surface area (Å²) in [5, 5.41) is 17.2. The van der Waals surface area contributed by atoms with Crippen molar-refractivity contribution in [2.45, 2.75) is 57.7 Å². The van der Waals surface area contributed by atoms with Crippen molar-refractivity contribution < 1.29 is 18.7 Å². The summed E-state index contributed by atoms with van der Waals surface area (Å²) in [6, 6.07) is 5.96. The second kappa shape index (κ2) is 11.8. The molecule has 0 saturated heterocycles. The van der Waals surface area contributed by atoms with Gasteiger partial charge in [-0.3, -0.25) is 14.0 Å². The first-order valence-electron chi connectivity index (χ1n) is 12.8. The first-order valence-corrected chi connectivity index (χ1v) is 15.4. The zero-order valence-corrected chi connectivity index (χ0v) is 25.7. The standard InChI is InChI=1S/C27H28BrFN6O3S2/c1-14(2)38-26(37)21-18-7-5-6-8-19(18)40-25(21)30-20(36)13-39-27-32-31-24(23-22(28)15(3)34(4)33-23)35(27)17-11-9-16(29)10-12-17/h9-12,14H,5-8,13H2,1-4H3,(H,30,36).